The van der Waals surface area contributed by atoms with Gasteiger partial charge in [-0.05, 0) is 61.2 Å². The van der Waals surface area contributed by atoms with E-state index in [9.17, 15) is 4.79 Å². The molecular formula is C25H27NO3. The van der Waals surface area contributed by atoms with Gasteiger partial charge in [-0.2, -0.15) is 0 Å². The van der Waals surface area contributed by atoms with Gasteiger partial charge in [-0.1, -0.05) is 48.5 Å². The number of nitrogens with one attached hydrogen (secondary N) is 1. The average molecular weight is 389 g/mol. The van der Waals surface area contributed by atoms with Crippen LogP contribution < -0.4 is 14.8 Å². The Hall–Kier alpha value is -3.27. The quantitative estimate of drug-likeness (QED) is 0.552. The van der Waals surface area contributed by atoms with E-state index in [0.29, 0.717) is 25.3 Å². The highest BCUT2D eigenvalue weighted by molar-refractivity contribution is 5.94. The maximum Gasteiger partial charge on any atom is 0.251 e. The normalized spacial score (nSPS) is 10.4. The van der Waals surface area contributed by atoms with Crippen molar-refractivity contribution in [2.45, 2.75) is 20.3 Å². The standard InChI is InChI=1S/C25H27NO3/c1-3-28-23-15-10-19(18-24(23)29-4-2)16-17-26-25(27)22-13-11-21(12-14-22)20-8-6-5-7-9-20/h5-15,18H,3-4,16-17H2,1-2H3,(H,26,27). The number of carbonyl (C=O) groups is 1. The number of rotatable bonds is 9. The van der Waals surface area contributed by atoms with E-state index in [1.165, 1.54) is 0 Å². The Balaban J connectivity index is 1.56. The van der Waals surface area contributed by atoms with Crippen molar-refractivity contribution in [3.8, 4) is 22.6 Å². The van der Waals surface area contributed by atoms with Crippen LogP contribution in [0.2, 0.25) is 0 Å². The van der Waals surface area contributed by atoms with Crippen LogP contribution in [0.5, 0.6) is 11.5 Å². The third kappa shape index (κ3) is 5.61. The summed E-state index contributed by atoms with van der Waals surface area (Å²) < 4.78 is 11.3. The summed E-state index contributed by atoms with van der Waals surface area (Å²) in [5.41, 5.74) is 3.99. The molecule has 0 fully saturated rings. The zero-order valence-electron chi connectivity index (χ0n) is 17.0. The fourth-order valence-corrected chi connectivity index (χ4v) is 3.12. The number of hydrogen-bond acceptors (Lipinski definition) is 3. The fraction of sp³-hybridized carbons (Fsp3) is 0.240. The molecule has 3 aromatic rings. The van der Waals surface area contributed by atoms with Crippen molar-refractivity contribution in [3.63, 3.8) is 0 Å². The van der Waals surface area contributed by atoms with Crippen LogP contribution in [0.3, 0.4) is 0 Å². The lowest BCUT2D eigenvalue weighted by Gasteiger charge is -2.12. The molecule has 1 N–H and O–H groups in total. The Morgan fingerprint density at radius 2 is 1.45 bits per heavy atom. The SMILES string of the molecule is CCOc1ccc(CCNC(=O)c2ccc(-c3ccccc3)cc2)cc1OCC. The molecule has 0 aliphatic rings. The third-order valence-electron chi connectivity index (χ3n) is 4.56. The van der Waals surface area contributed by atoms with Gasteiger partial charge in [-0.15, -0.1) is 0 Å². The Morgan fingerprint density at radius 1 is 0.793 bits per heavy atom. The van der Waals surface area contributed by atoms with Gasteiger partial charge >= 0.3 is 0 Å². The van der Waals surface area contributed by atoms with E-state index in [2.05, 4.69) is 17.4 Å². The van der Waals surface area contributed by atoms with Crippen molar-refractivity contribution in [1.82, 2.24) is 5.32 Å². The summed E-state index contributed by atoms with van der Waals surface area (Å²) in [5, 5.41) is 2.99. The molecule has 0 heterocycles. The molecular weight excluding hydrogens is 362 g/mol. The Bertz CT molecular complexity index is 921. The average Bonchev–Trinajstić information content (AvgIpc) is 2.76. The van der Waals surface area contributed by atoms with Gasteiger partial charge in [0.1, 0.15) is 0 Å². The van der Waals surface area contributed by atoms with E-state index in [0.717, 1.165) is 34.6 Å². The second-order valence-corrected chi connectivity index (χ2v) is 6.60. The molecule has 4 nitrogen and oxygen atoms in total. The minimum absolute atomic E-state index is 0.0689. The maximum atomic E-state index is 12.4. The molecule has 0 aromatic heterocycles. The molecule has 0 bridgehead atoms. The number of ether oxygens (including phenoxy) is 2. The molecule has 0 aliphatic heterocycles. The molecule has 150 valence electrons. The summed E-state index contributed by atoms with van der Waals surface area (Å²) in [4.78, 5) is 12.4. The van der Waals surface area contributed by atoms with E-state index in [-0.39, 0.29) is 5.91 Å². The van der Waals surface area contributed by atoms with Crippen LogP contribution in [0.1, 0.15) is 29.8 Å². The van der Waals surface area contributed by atoms with E-state index in [1.54, 1.807) is 0 Å². The zero-order chi connectivity index (χ0) is 20.5. The van der Waals surface area contributed by atoms with Crippen molar-refractivity contribution in [2.24, 2.45) is 0 Å². The van der Waals surface area contributed by atoms with Crippen LogP contribution in [0.25, 0.3) is 11.1 Å². The first-order valence-corrected chi connectivity index (χ1v) is 10.0. The molecule has 1 amide bonds. The highest BCUT2D eigenvalue weighted by Crippen LogP contribution is 2.28. The Morgan fingerprint density at radius 3 is 2.14 bits per heavy atom. The molecule has 0 saturated carbocycles. The summed E-state index contributed by atoms with van der Waals surface area (Å²) in [6, 6.07) is 23.7. The molecule has 0 saturated heterocycles. The van der Waals surface area contributed by atoms with Crippen molar-refractivity contribution in [3.05, 3.63) is 83.9 Å². The summed E-state index contributed by atoms with van der Waals surface area (Å²) >= 11 is 0. The van der Waals surface area contributed by atoms with E-state index in [4.69, 9.17) is 9.47 Å². The van der Waals surface area contributed by atoms with E-state index < -0.39 is 0 Å². The van der Waals surface area contributed by atoms with Gasteiger partial charge in [0, 0.05) is 12.1 Å². The lowest BCUT2D eigenvalue weighted by Crippen LogP contribution is -2.25. The number of amides is 1. The molecule has 0 spiro atoms. The lowest BCUT2D eigenvalue weighted by atomic mass is 10.0. The van der Waals surface area contributed by atoms with Gasteiger partial charge < -0.3 is 14.8 Å². The monoisotopic (exact) mass is 389 g/mol. The molecule has 4 heteroatoms. The number of benzene rings is 3. The smallest absolute Gasteiger partial charge is 0.251 e. The largest absolute Gasteiger partial charge is 0.490 e. The second kappa shape index (κ2) is 10.3. The predicted octanol–water partition coefficient (Wildman–Crippen LogP) is 5.12. The first-order valence-electron chi connectivity index (χ1n) is 10.0. The number of hydrogen-bond donors (Lipinski definition) is 1. The van der Waals surface area contributed by atoms with Gasteiger partial charge in [0.15, 0.2) is 11.5 Å². The van der Waals surface area contributed by atoms with Crippen LogP contribution in [0.4, 0.5) is 0 Å². The van der Waals surface area contributed by atoms with Crippen molar-refractivity contribution >= 4 is 5.91 Å². The van der Waals surface area contributed by atoms with Crippen molar-refractivity contribution in [1.29, 1.82) is 0 Å². The topological polar surface area (TPSA) is 47.6 Å². The van der Waals surface area contributed by atoms with Crippen LogP contribution in [-0.2, 0) is 6.42 Å². The fourth-order valence-electron chi connectivity index (χ4n) is 3.12. The first kappa shape index (κ1) is 20.5. The minimum Gasteiger partial charge on any atom is -0.490 e. The van der Waals surface area contributed by atoms with Crippen LogP contribution >= 0.6 is 0 Å². The van der Waals surface area contributed by atoms with Gasteiger partial charge in [0.25, 0.3) is 5.91 Å². The highest BCUT2D eigenvalue weighted by Gasteiger charge is 2.08. The Labute approximate surface area is 172 Å². The van der Waals surface area contributed by atoms with E-state index >= 15 is 0 Å². The summed E-state index contributed by atoms with van der Waals surface area (Å²) in [6.07, 6.45) is 0.723. The number of carbonyl (C=O) groups excluding carboxylic acids is 1. The highest BCUT2D eigenvalue weighted by atomic mass is 16.5. The van der Waals surface area contributed by atoms with Gasteiger partial charge in [-0.25, -0.2) is 0 Å². The van der Waals surface area contributed by atoms with Gasteiger partial charge in [0.2, 0.25) is 0 Å². The molecule has 0 unspecified atom stereocenters. The van der Waals surface area contributed by atoms with Crippen LogP contribution in [-0.4, -0.2) is 25.7 Å². The van der Waals surface area contributed by atoms with Crippen LogP contribution in [0.15, 0.2) is 72.8 Å². The van der Waals surface area contributed by atoms with Gasteiger partial charge in [0.05, 0.1) is 13.2 Å². The first-order chi connectivity index (χ1) is 14.2. The molecule has 0 atom stereocenters. The Kier molecular flexibility index (Phi) is 7.28. The predicted molar refractivity (Wildman–Crippen MR) is 117 cm³/mol. The van der Waals surface area contributed by atoms with Gasteiger partial charge in [-0.3, -0.25) is 4.79 Å². The van der Waals surface area contributed by atoms with Crippen molar-refractivity contribution < 1.29 is 14.3 Å². The zero-order valence-corrected chi connectivity index (χ0v) is 17.0. The van der Waals surface area contributed by atoms with E-state index in [1.807, 2.05) is 74.5 Å². The summed E-state index contributed by atoms with van der Waals surface area (Å²) in [5.74, 6) is 1.43. The maximum absolute atomic E-state index is 12.4. The molecule has 0 radical (unpaired) electrons. The summed E-state index contributed by atoms with van der Waals surface area (Å²) in [7, 11) is 0. The summed E-state index contributed by atoms with van der Waals surface area (Å²) in [6.45, 7) is 5.63. The molecule has 29 heavy (non-hydrogen) atoms. The van der Waals surface area contributed by atoms with Crippen LogP contribution in [0, 0.1) is 0 Å². The van der Waals surface area contributed by atoms with Crippen molar-refractivity contribution in [2.75, 3.05) is 19.8 Å². The molecule has 3 aromatic carbocycles. The second-order valence-electron chi connectivity index (χ2n) is 6.60. The minimum atomic E-state index is -0.0689. The third-order valence-corrected chi connectivity index (χ3v) is 4.56. The molecule has 0 aliphatic carbocycles. The molecule has 3 rings (SSSR count). The lowest BCUT2D eigenvalue weighted by molar-refractivity contribution is 0.0954.